The average molecular weight is 277 g/mol. The SMILES string of the molecule is CN(CCCBr)Cc1ccc(Cl)cc1. The molecule has 78 valence electrons. The summed E-state index contributed by atoms with van der Waals surface area (Å²) in [6.45, 7) is 2.11. The van der Waals surface area contributed by atoms with Crippen LogP contribution in [-0.2, 0) is 6.54 Å². The monoisotopic (exact) mass is 275 g/mol. The fourth-order valence-corrected chi connectivity index (χ4v) is 1.69. The fraction of sp³-hybridized carbons (Fsp3) is 0.455. The summed E-state index contributed by atoms with van der Waals surface area (Å²) in [5.41, 5.74) is 1.31. The third-order valence-electron chi connectivity index (χ3n) is 2.04. The van der Waals surface area contributed by atoms with E-state index in [0.29, 0.717) is 0 Å². The van der Waals surface area contributed by atoms with Gasteiger partial charge >= 0.3 is 0 Å². The van der Waals surface area contributed by atoms with Crippen LogP contribution in [0.4, 0.5) is 0 Å². The molecular weight excluding hydrogens is 261 g/mol. The van der Waals surface area contributed by atoms with Crippen LogP contribution in [0.1, 0.15) is 12.0 Å². The highest BCUT2D eigenvalue weighted by molar-refractivity contribution is 9.09. The molecule has 3 heteroatoms. The van der Waals surface area contributed by atoms with Gasteiger partial charge in [-0.25, -0.2) is 0 Å². The van der Waals surface area contributed by atoms with Crippen LogP contribution in [0.2, 0.25) is 5.02 Å². The first-order valence-electron chi connectivity index (χ1n) is 4.71. The molecule has 0 spiro atoms. The maximum atomic E-state index is 5.81. The third-order valence-corrected chi connectivity index (χ3v) is 2.85. The molecule has 0 saturated heterocycles. The van der Waals surface area contributed by atoms with Gasteiger partial charge in [0.1, 0.15) is 0 Å². The summed E-state index contributed by atoms with van der Waals surface area (Å²) in [7, 11) is 2.14. The van der Waals surface area contributed by atoms with Crippen LogP contribution in [0.5, 0.6) is 0 Å². The molecule has 0 radical (unpaired) electrons. The maximum Gasteiger partial charge on any atom is 0.0406 e. The third kappa shape index (κ3) is 4.45. The number of rotatable bonds is 5. The second-order valence-electron chi connectivity index (χ2n) is 3.41. The largest absolute Gasteiger partial charge is 0.302 e. The van der Waals surface area contributed by atoms with Gasteiger partial charge in [0, 0.05) is 16.9 Å². The van der Waals surface area contributed by atoms with Crippen molar-refractivity contribution < 1.29 is 0 Å². The fourth-order valence-electron chi connectivity index (χ4n) is 1.31. The lowest BCUT2D eigenvalue weighted by atomic mass is 10.2. The minimum atomic E-state index is 0.803. The lowest BCUT2D eigenvalue weighted by Gasteiger charge is -2.15. The van der Waals surface area contributed by atoms with Crippen molar-refractivity contribution in [3.8, 4) is 0 Å². The molecule has 0 atom stereocenters. The van der Waals surface area contributed by atoms with Gasteiger partial charge in [-0.3, -0.25) is 0 Å². The Morgan fingerprint density at radius 3 is 2.50 bits per heavy atom. The molecule has 0 unspecified atom stereocenters. The van der Waals surface area contributed by atoms with Crippen molar-refractivity contribution in [2.45, 2.75) is 13.0 Å². The molecule has 0 bridgehead atoms. The van der Waals surface area contributed by atoms with Crippen LogP contribution in [0.3, 0.4) is 0 Å². The van der Waals surface area contributed by atoms with Crippen molar-refractivity contribution >= 4 is 27.5 Å². The maximum absolute atomic E-state index is 5.81. The number of benzene rings is 1. The Bertz CT molecular complexity index is 260. The van der Waals surface area contributed by atoms with E-state index in [1.165, 1.54) is 12.0 Å². The highest BCUT2D eigenvalue weighted by atomic mass is 79.9. The zero-order valence-corrected chi connectivity index (χ0v) is 10.7. The molecular formula is C11H15BrClN. The Hall–Kier alpha value is -0.0500. The van der Waals surface area contributed by atoms with E-state index >= 15 is 0 Å². The molecule has 1 aromatic rings. The lowest BCUT2D eigenvalue weighted by molar-refractivity contribution is 0.329. The van der Waals surface area contributed by atoms with Gasteiger partial charge in [0.25, 0.3) is 0 Å². The number of hydrogen-bond acceptors (Lipinski definition) is 1. The van der Waals surface area contributed by atoms with Crippen LogP contribution in [0, 0.1) is 0 Å². The van der Waals surface area contributed by atoms with Gasteiger partial charge in [-0.2, -0.15) is 0 Å². The summed E-state index contributed by atoms with van der Waals surface area (Å²) in [5.74, 6) is 0. The van der Waals surface area contributed by atoms with Crippen molar-refractivity contribution in [2.75, 3.05) is 18.9 Å². The van der Waals surface area contributed by atoms with Gasteiger partial charge in [0.15, 0.2) is 0 Å². The van der Waals surface area contributed by atoms with E-state index < -0.39 is 0 Å². The van der Waals surface area contributed by atoms with E-state index in [4.69, 9.17) is 11.6 Å². The van der Waals surface area contributed by atoms with E-state index in [9.17, 15) is 0 Å². The first-order valence-corrected chi connectivity index (χ1v) is 6.21. The molecule has 1 rings (SSSR count). The normalized spacial score (nSPS) is 10.9. The number of nitrogens with zero attached hydrogens (tertiary/aromatic N) is 1. The van der Waals surface area contributed by atoms with E-state index in [2.05, 4.69) is 40.0 Å². The quantitative estimate of drug-likeness (QED) is 0.743. The average Bonchev–Trinajstić information content (AvgIpc) is 2.18. The molecule has 0 fully saturated rings. The minimum Gasteiger partial charge on any atom is -0.302 e. The van der Waals surface area contributed by atoms with Crippen LogP contribution in [0.25, 0.3) is 0 Å². The zero-order chi connectivity index (χ0) is 10.4. The van der Waals surface area contributed by atoms with Crippen LogP contribution in [0.15, 0.2) is 24.3 Å². The van der Waals surface area contributed by atoms with Gasteiger partial charge in [-0.05, 0) is 37.7 Å². The predicted molar refractivity (Wildman–Crippen MR) is 66.2 cm³/mol. The van der Waals surface area contributed by atoms with Crippen molar-refractivity contribution in [3.05, 3.63) is 34.9 Å². The van der Waals surface area contributed by atoms with E-state index in [0.717, 1.165) is 23.4 Å². The molecule has 14 heavy (non-hydrogen) atoms. The molecule has 0 N–H and O–H groups in total. The standard InChI is InChI=1S/C11H15BrClN/c1-14(8-2-7-12)9-10-3-5-11(13)6-4-10/h3-6H,2,7-9H2,1H3. The summed E-state index contributed by atoms with van der Waals surface area (Å²) < 4.78 is 0. The summed E-state index contributed by atoms with van der Waals surface area (Å²) >= 11 is 9.24. The van der Waals surface area contributed by atoms with Crippen molar-refractivity contribution in [1.29, 1.82) is 0 Å². The predicted octanol–water partition coefficient (Wildman–Crippen LogP) is 3.56. The van der Waals surface area contributed by atoms with Gasteiger partial charge in [-0.15, -0.1) is 0 Å². The zero-order valence-electron chi connectivity index (χ0n) is 8.34. The topological polar surface area (TPSA) is 3.24 Å². The summed E-state index contributed by atoms with van der Waals surface area (Å²) in [6, 6.07) is 8.03. The van der Waals surface area contributed by atoms with E-state index in [1.807, 2.05) is 12.1 Å². The second-order valence-corrected chi connectivity index (χ2v) is 4.64. The van der Waals surface area contributed by atoms with Gasteiger partial charge in [-0.1, -0.05) is 39.7 Å². The molecule has 0 amide bonds. The number of hydrogen-bond donors (Lipinski definition) is 0. The summed E-state index contributed by atoms with van der Waals surface area (Å²) in [6.07, 6.45) is 1.18. The Morgan fingerprint density at radius 1 is 1.29 bits per heavy atom. The molecule has 1 aromatic carbocycles. The molecule has 0 aromatic heterocycles. The lowest BCUT2D eigenvalue weighted by Crippen LogP contribution is -2.19. The molecule has 0 heterocycles. The molecule has 0 saturated carbocycles. The van der Waals surface area contributed by atoms with Gasteiger partial charge in [0.05, 0.1) is 0 Å². The van der Waals surface area contributed by atoms with Crippen molar-refractivity contribution in [2.24, 2.45) is 0 Å². The Morgan fingerprint density at radius 2 is 1.93 bits per heavy atom. The van der Waals surface area contributed by atoms with Crippen LogP contribution >= 0.6 is 27.5 Å². The van der Waals surface area contributed by atoms with Crippen LogP contribution in [-0.4, -0.2) is 23.8 Å². The van der Waals surface area contributed by atoms with Gasteiger partial charge in [0.2, 0.25) is 0 Å². The first-order chi connectivity index (χ1) is 6.72. The van der Waals surface area contributed by atoms with E-state index in [1.54, 1.807) is 0 Å². The summed E-state index contributed by atoms with van der Waals surface area (Å²) in [4.78, 5) is 2.31. The highest BCUT2D eigenvalue weighted by Gasteiger charge is 1.99. The smallest absolute Gasteiger partial charge is 0.0406 e. The van der Waals surface area contributed by atoms with Crippen molar-refractivity contribution in [1.82, 2.24) is 4.90 Å². The molecule has 0 aliphatic rings. The molecule has 0 aliphatic carbocycles. The highest BCUT2D eigenvalue weighted by Crippen LogP contribution is 2.10. The number of alkyl halides is 1. The van der Waals surface area contributed by atoms with Gasteiger partial charge < -0.3 is 4.90 Å². The number of halogens is 2. The second kappa shape index (κ2) is 6.44. The molecule has 1 nitrogen and oxygen atoms in total. The van der Waals surface area contributed by atoms with E-state index in [-0.39, 0.29) is 0 Å². The van der Waals surface area contributed by atoms with Crippen molar-refractivity contribution in [3.63, 3.8) is 0 Å². The first kappa shape index (κ1) is 12.0. The summed E-state index contributed by atoms with van der Waals surface area (Å²) in [5, 5.41) is 1.87. The Balaban J connectivity index is 2.39. The Kier molecular flexibility index (Phi) is 5.53. The Labute approximate surface area is 99.2 Å². The molecule has 0 aliphatic heterocycles. The van der Waals surface area contributed by atoms with Crippen LogP contribution < -0.4 is 0 Å². The minimum absolute atomic E-state index is 0.803.